The SMILES string of the molecule is NC(c1ccc2c(c1)CCC2)c1c(F)cc(F)cc1F. The average Bonchev–Trinajstić information content (AvgIpc) is 2.84. The van der Waals surface area contributed by atoms with Gasteiger partial charge in [-0.2, -0.15) is 0 Å². The number of nitrogens with two attached hydrogens (primary N) is 1. The topological polar surface area (TPSA) is 26.0 Å². The summed E-state index contributed by atoms with van der Waals surface area (Å²) in [5, 5.41) is 0. The van der Waals surface area contributed by atoms with Crippen molar-refractivity contribution < 1.29 is 13.2 Å². The van der Waals surface area contributed by atoms with E-state index in [1.807, 2.05) is 12.1 Å². The van der Waals surface area contributed by atoms with Crippen molar-refractivity contribution in [2.75, 3.05) is 0 Å². The lowest BCUT2D eigenvalue weighted by Gasteiger charge is -2.16. The van der Waals surface area contributed by atoms with Crippen molar-refractivity contribution in [1.82, 2.24) is 0 Å². The van der Waals surface area contributed by atoms with Gasteiger partial charge in [0.1, 0.15) is 17.5 Å². The van der Waals surface area contributed by atoms with E-state index < -0.39 is 23.5 Å². The summed E-state index contributed by atoms with van der Waals surface area (Å²) in [5.41, 5.74) is 8.77. The van der Waals surface area contributed by atoms with E-state index >= 15 is 0 Å². The van der Waals surface area contributed by atoms with Crippen LogP contribution in [0.2, 0.25) is 0 Å². The van der Waals surface area contributed by atoms with Gasteiger partial charge in [0.25, 0.3) is 0 Å². The Morgan fingerprint density at radius 1 is 0.900 bits per heavy atom. The summed E-state index contributed by atoms with van der Waals surface area (Å²) >= 11 is 0. The highest BCUT2D eigenvalue weighted by Crippen LogP contribution is 2.29. The van der Waals surface area contributed by atoms with Gasteiger partial charge in [0.2, 0.25) is 0 Å². The molecule has 0 aromatic heterocycles. The number of rotatable bonds is 2. The number of aryl methyl sites for hydroxylation is 2. The van der Waals surface area contributed by atoms with Gasteiger partial charge in [0.15, 0.2) is 0 Å². The molecule has 1 unspecified atom stereocenters. The summed E-state index contributed by atoms with van der Waals surface area (Å²) < 4.78 is 40.5. The van der Waals surface area contributed by atoms with Crippen LogP contribution in [0.15, 0.2) is 30.3 Å². The minimum Gasteiger partial charge on any atom is -0.320 e. The fourth-order valence-corrected chi connectivity index (χ4v) is 2.80. The molecule has 104 valence electrons. The Labute approximate surface area is 115 Å². The summed E-state index contributed by atoms with van der Waals surface area (Å²) in [5.74, 6) is -2.84. The van der Waals surface area contributed by atoms with Gasteiger partial charge >= 0.3 is 0 Å². The predicted octanol–water partition coefficient (Wildman–Crippen LogP) is 3.64. The van der Waals surface area contributed by atoms with Crippen LogP contribution in [0.5, 0.6) is 0 Å². The molecule has 2 N–H and O–H groups in total. The molecule has 0 saturated heterocycles. The van der Waals surface area contributed by atoms with Gasteiger partial charge in [-0.1, -0.05) is 18.2 Å². The maximum Gasteiger partial charge on any atom is 0.134 e. The Kier molecular flexibility index (Phi) is 3.26. The number of hydrogen-bond donors (Lipinski definition) is 1. The zero-order valence-corrected chi connectivity index (χ0v) is 10.8. The molecule has 4 heteroatoms. The van der Waals surface area contributed by atoms with E-state index in [9.17, 15) is 13.2 Å². The molecule has 0 fully saturated rings. The molecule has 0 spiro atoms. The van der Waals surface area contributed by atoms with E-state index in [1.54, 1.807) is 6.07 Å². The molecule has 1 nitrogen and oxygen atoms in total. The monoisotopic (exact) mass is 277 g/mol. The number of fused-ring (bicyclic) bond motifs is 1. The first kappa shape index (κ1) is 13.2. The van der Waals surface area contributed by atoms with E-state index in [1.165, 1.54) is 11.1 Å². The molecule has 0 radical (unpaired) electrons. The van der Waals surface area contributed by atoms with E-state index in [-0.39, 0.29) is 5.56 Å². The molecule has 0 heterocycles. The van der Waals surface area contributed by atoms with E-state index in [4.69, 9.17) is 5.73 Å². The van der Waals surface area contributed by atoms with E-state index in [2.05, 4.69) is 0 Å². The van der Waals surface area contributed by atoms with Crippen molar-refractivity contribution in [3.8, 4) is 0 Å². The molecule has 1 atom stereocenters. The lowest BCUT2D eigenvalue weighted by Crippen LogP contribution is -2.16. The normalized spacial score (nSPS) is 15.2. The Morgan fingerprint density at radius 3 is 2.25 bits per heavy atom. The fourth-order valence-electron chi connectivity index (χ4n) is 2.80. The zero-order valence-electron chi connectivity index (χ0n) is 10.8. The summed E-state index contributed by atoms with van der Waals surface area (Å²) in [4.78, 5) is 0. The summed E-state index contributed by atoms with van der Waals surface area (Å²) in [6.45, 7) is 0. The van der Waals surface area contributed by atoms with Gasteiger partial charge in [-0.25, -0.2) is 13.2 Å². The highest BCUT2D eigenvalue weighted by atomic mass is 19.1. The number of halogens is 3. The van der Waals surface area contributed by atoms with Crippen LogP contribution in [-0.2, 0) is 12.8 Å². The Hall–Kier alpha value is -1.81. The first-order valence-corrected chi connectivity index (χ1v) is 6.58. The molecule has 3 rings (SSSR count). The first-order chi connectivity index (χ1) is 9.56. The quantitative estimate of drug-likeness (QED) is 0.891. The highest BCUT2D eigenvalue weighted by Gasteiger charge is 2.21. The third-order valence-corrected chi connectivity index (χ3v) is 3.84. The molecule has 1 aliphatic carbocycles. The van der Waals surface area contributed by atoms with Crippen LogP contribution in [0.4, 0.5) is 13.2 Å². The molecule has 0 aliphatic heterocycles. The second-order valence-corrected chi connectivity index (χ2v) is 5.14. The number of hydrogen-bond acceptors (Lipinski definition) is 1. The predicted molar refractivity (Wildman–Crippen MR) is 70.8 cm³/mol. The summed E-state index contributed by atoms with van der Waals surface area (Å²) in [6, 6.07) is 6.03. The third kappa shape index (κ3) is 2.20. The standard InChI is InChI=1S/C16H14F3N/c17-12-7-13(18)15(14(19)8-12)16(20)11-5-4-9-2-1-3-10(9)6-11/h4-8,16H,1-3,20H2. The molecule has 0 saturated carbocycles. The molecule has 20 heavy (non-hydrogen) atoms. The Morgan fingerprint density at radius 2 is 1.55 bits per heavy atom. The van der Waals surface area contributed by atoms with Crippen LogP contribution in [0.3, 0.4) is 0 Å². The molecule has 2 aromatic rings. The van der Waals surface area contributed by atoms with Crippen LogP contribution >= 0.6 is 0 Å². The molecular formula is C16H14F3N. The third-order valence-electron chi connectivity index (χ3n) is 3.84. The average molecular weight is 277 g/mol. The molecular weight excluding hydrogens is 263 g/mol. The minimum absolute atomic E-state index is 0.288. The molecule has 2 aromatic carbocycles. The Bertz CT molecular complexity index is 644. The lowest BCUT2D eigenvalue weighted by atomic mass is 9.95. The molecule has 1 aliphatic rings. The minimum atomic E-state index is -0.949. The first-order valence-electron chi connectivity index (χ1n) is 6.58. The van der Waals surface area contributed by atoms with Crippen molar-refractivity contribution in [2.45, 2.75) is 25.3 Å². The van der Waals surface area contributed by atoms with E-state index in [0.29, 0.717) is 17.7 Å². The van der Waals surface area contributed by atoms with Crippen LogP contribution in [0, 0.1) is 17.5 Å². The van der Waals surface area contributed by atoms with Crippen LogP contribution < -0.4 is 5.73 Å². The maximum atomic E-state index is 13.8. The van der Waals surface area contributed by atoms with Crippen LogP contribution in [-0.4, -0.2) is 0 Å². The van der Waals surface area contributed by atoms with Gasteiger partial charge in [-0.3, -0.25) is 0 Å². The van der Waals surface area contributed by atoms with Crippen molar-refractivity contribution in [1.29, 1.82) is 0 Å². The summed E-state index contributed by atoms with van der Waals surface area (Å²) in [6.07, 6.45) is 3.09. The lowest BCUT2D eigenvalue weighted by molar-refractivity contribution is 0.515. The Balaban J connectivity index is 2.03. The summed E-state index contributed by atoms with van der Waals surface area (Å²) in [7, 11) is 0. The van der Waals surface area contributed by atoms with Crippen molar-refractivity contribution in [3.63, 3.8) is 0 Å². The van der Waals surface area contributed by atoms with Gasteiger partial charge < -0.3 is 5.73 Å². The molecule has 0 bridgehead atoms. The van der Waals surface area contributed by atoms with Gasteiger partial charge in [-0.05, 0) is 36.0 Å². The van der Waals surface area contributed by atoms with Crippen molar-refractivity contribution in [3.05, 3.63) is 70.0 Å². The highest BCUT2D eigenvalue weighted by molar-refractivity contribution is 5.40. The van der Waals surface area contributed by atoms with Crippen molar-refractivity contribution >= 4 is 0 Å². The second kappa shape index (κ2) is 4.94. The molecule has 0 amide bonds. The van der Waals surface area contributed by atoms with Gasteiger partial charge in [-0.15, -0.1) is 0 Å². The second-order valence-electron chi connectivity index (χ2n) is 5.14. The van der Waals surface area contributed by atoms with Crippen molar-refractivity contribution in [2.24, 2.45) is 5.73 Å². The zero-order chi connectivity index (χ0) is 14.3. The van der Waals surface area contributed by atoms with Gasteiger partial charge in [0.05, 0.1) is 6.04 Å². The number of benzene rings is 2. The van der Waals surface area contributed by atoms with Gasteiger partial charge in [0, 0.05) is 17.7 Å². The fraction of sp³-hybridized carbons (Fsp3) is 0.250. The largest absolute Gasteiger partial charge is 0.320 e. The van der Waals surface area contributed by atoms with Crippen LogP contribution in [0.1, 0.15) is 34.7 Å². The maximum absolute atomic E-state index is 13.8. The smallest absolute Gasteiger partial charge is 0.134 e. The van der Waals surface area contributed by atoms with E-state index in [0.717, 1.165) is 19.3 Å². The van der Waals surface area contributed by atoms with Crippen LogP contribution in [0.25, 0.3) is 0 Å².